The number of nitrogens with one attached hydrogen (secondary N) is 2. The Kier molecular flexibility index (Phi) is 6.66. The molecule has 1 aromatic heterocycles. The molecule has 6 nitrogen and oxygen atoms in total. The fraction of sp³-hybridized carbons (Fsp3) is 0.0357. The van der Waals surface area contributed by atoms with E-state index in [9.17, 15) is 4.79 Å². The highest BCUT2D eigenvalue weighted by atomic mass is 35.5. The van der Waals surface area contributed by atoms with Crippen LogP contribution in [0.3, 0.4) is 0 Å². The lowest BCUT2D eigenvalue weighted by Gasteiger charge is -2.10. The number of amides is 1. The maximum atomic E-state index is 12.5. The average molecular weight is 514 g/mol. The van der Waals surface area contributed by atoms with Gasteiger partial charge >= 0.3 is 0 Å². The molecule has 0 bridgehead atoms. The van der Waals surface area contributed by atoms with Crippen LogP contribution in [-0.4, -0.2) is 23.1 Å². The van der Waals surface area contributed by atoms with Gasteiger partial charge in [0.1, 0.15) is 11.3 Å². The van der Waals surface area contributed by atoms with Crippen molar-refractivity contribution in [1.82, 2.24) is 10.3 Å². The number of carbonyl (C=O) groups is 1. The largest absolute Gasteiger partial charge is 0.495 e. The number of anilines is 1. The molecule has 0 spiro atoms. The van der Waals surface area contributed by atoms with Gasteiger partial charge in [0.15, 0.2) is 10.7 Å². The molecule has 1 heterocycles. The van der Waals surface area contributed by atoms with E-state index in [1.807, 2.05) is 48.5 Å². The molecule has 0 aliphatic carbocycles. The molecule has 0 unspecified atom stereocenters. The topological polar surface area (TPSA) is 76.4 Å². The Morgan fingerprint density at radius 3 is 2.36 bits per heavy atom. The highest BCUT2D eigenvalue weighted by Crippen LogP contribution is 2.29. The first-order valence-electron chi connectivity index (χ1n) is 11.0. The van der Waals surface area contributed by atoms with Crippen molar-refractivity contribution < 1.29 is 13.9 Å². The number of ether oxygens (including phenoxy) is 1. The predicted molar refractivity (Wildman–Crippen MR) is 147 cm³/mol. The first-order valence-corrected chi connectivity index (χ1v) is 11.8. The van der Waals surface area contributed by atoms with Gasteiger partial charge in [-0.1, -0.05) is 54.1 Å². The number of rotatable bonds is 5. The van der Waals surface area contributed by atoms with Crippen LogP contribution < -0.4 is 15.4 Å². The maximum absolute atomic E-state index is 12.5. The molecule has 0 saturated heterocycles. The van der Waals surface area contributed by atoms with Gasteiger partial charge in [-0.25, -0.2) is 4.98 Å². The van der Waals surface area contributed by atoms with Crippen molar-refractivity contribution in [2.45, 2.75) is 0 Å². The molecule has 8 heteroatoms. The molecular weight excluding hydrogens is 494 g/mol. The molecule has 0 fully saturated rings. The summed E-state index contributed by atoms with van der Waals surface area (Å²) in [7, 11) is 1.51. The summed E-state index contributed by atoms with van der Waals surface area (Å²) < 4.78 is 11.1. The first-order chi connectivity index (χ1) is 17.5. The van der Waals surface area contributed by atoms with E-state index in [4.69, 9.17) is 33.0 Å². The Bertz CT molecular complexity index is 1570. The molecular formula is C28H20ClN3O3S. The minimum atomic E-state index is -0.388. The number of fused-ring (bicyclic) bond motifs is 1. The summed E-state index contributed by atoms with van der Waals surface area (Å²) in [5, 5.41) is 6.14. The van der Waals surface area contributed by atoms with Crippen LogP contribution >= 0.6 is 23.8 Å². The zero-order chi connectivity index (χ0) is 25.1. The van der Waals surface area contributed by atoms with E-state index >= 15 is 0 Å². The summed E-state index contributed by atoms with van der Waals surface area (Å²) in [6, 6.07) is 28.4. The van der Waals surface area contributed by atoms with E-state index in [-0.39, 0.29) is 11.0 Å². The number of hydrogen-bond donors (Lipinski definition) is 2. The van der Waals surface area contributed by atoms with Gasteiger partial charge in [0.25, 0.3) is 5.91 Å². The van der Waals surface area contributed by atoms with E-state index in [0.29, 0.717) is 39.0 Å². The Morgan fingerprint density at radius 2 is 1.64 bits per heavy atom. The molecule has 0 aliphatic rings. The molecule has 36 heavy (non-hydrogen) atoms. The number of carbonyl (C=O) groups excluding carboxylic acids is 1. The maximum Gasteiger partial charge on any atom is 0.257 e. The monoisotopic (exact) mass is 513 g/mol. The molecule has 1 amide bonds. The van der Waals surface area contributed by atoms with Crippen molar-refractivity contribution >= 4 is 51.6 Å². The number of thiocarbonyl (C=S) groups is 1. The summed E-state index contributed by atoms with van der Waals surface area (Å²) in [5.41, 5.74) is 5.48. The number of aromatic nitrogens is 1. The van der Waals surface area contributed by atoms with E-state index < -0.39 is 0 Å². The summed E-state index contributed by atoms with van der Waals surface area (Å²) in [5.74, 6) is 0.621. The standard InChI is InChI=1S/C28H20ClN3O3S/c1-34-24-13-11-20(15-22(24)29)26(33)32-28(36)30-21-12-14-25-23(16-21)31-27(35-25)19-9-7-18(8-10-19)17-5-3-2-4-6-17/h2-16H,1H3,(H2,30,32,33,36). The number of oxazole rings is 1. The molecule has 178 valence electrons. The summed E-state index contributed by atoms with van der Waals surface area (Å²) in [6.45, 7) is 0. The first kappa shape index (κ1) is 23.5. The van der Waals surface area contributed by atoms with E-state index in [0.717, 1.165) is 16.7 Å². The fourth-order valence-electron chi connectivity index (χ4n) is 3.71. The van der Waals surface area contributed by atoms with E-state index in [1.165, 1.54) is 13.2 Å². The Morgan fingerprint density at radius 1 is 0.917 bits per heavy atom. The van der Waals surface area contributed by atoms with Gasteiger partial charge in [-0.15, -0.1) is 0 Å². The summed E-state index contributed by atoms with van der Waals surface area (Å²) in [6.07, 6.45) is 0. The molecule has 4 aromatic carbocycles. The van der Waals surface area contributed by atoms with Crippen LogP contribution in [0.1, 0.15) is 10.4 Å². The fourth-order valence-corrected chi connectivity index (χ4v) is 4.18. The number of benzene rings is 4. The van der Waals surface area contributed by atoms with Crippen molar-refractivity contribution in [3.63, 3.8) is 0 Å². The minimum absolute atomic E-state index is 0.145. The minimum Gasteiger partial charge on any atom is -0.495 e. The van der Waals surface area contributed by atoms with Gasteiger partial charge < -0.3 is 14.5 Å². The lowest BCUT2D eigenvalue weighted by atomic mass is 10.0. The van der Waals surface area contributed by atoms with Crippen molar-refractivity contribution in [3.05, 3.63) is 102 Å². The predicted octanol–water partition coefficient (Wildman–Crippen LogP) is 6.95. The second kappa shape index (κ2) is 10.2. The van der Waals surface area contributed by atoms with Crippen LogP contribution in [0, 0.1) is 0 Å². The van der Waals surface area contributed by atoms with Crippen LogP contribution in [0.25, 0.3) is 33.7 Å². The Balaban J connectivity index is 1.28. The third kappa shape index (κ3) is 5.07. The summed E-state index contributed by atoms with van der Waals surface area (Å²) in [4.78, 5) is 17.1. The summed E-state index contributed by atoms with van der Waals surface area (Å²) >= 11 is 11.4. The second-order valence-corrected chi connectivity index (χ2v) is 8.72. The molecule has 0 aliphatic heterocycles. The zero-order valence-electron chi connectivity index (χ0n) is 19.1. The lowest BCUT2D eigenvalue weighted by molar-refractivity contribution is 0.0977. The molecule has 0 saturated carbocycles. The Hall–Kier alpha value is -4.20. The number of halogens is 1. The van der Waals surface area contributed by atoms with Crippen LogP contribution in [0.15, 0.2) is 95.4 Å². The van der Waals surface area contributed by atoms with Gasteiger partial charge in [-0.3, -0.25) is 10.1 Å². The van der Waals surface area contributed by atoms with E-state index in [1.54, 1.807) is 24.3 Å². The average Bonchev–Trinajstić information content (AvgIpc) is 3.32. The van der Waals surface area contributed by atoms with Crippen molar-refractivity contribution in [1.29, 1.82) is 0 Å². The molecule has 0 atom stereocenters. The van der Waals surface area contributed by atoms with Crippen LogP contribution in [-0.2, 0) is 0 Å². The molecule has 2 N–H and O–H groups in total. The van der Waals surface area contributed by atoms with Crippen LogP contribution in [0.5, 0.6) is 5.75 Å². The van der Waals surface area contributed by atoms with Gasteiger partial charge in [0.2, 0.25) is 5.89 Å². The lowest BCUT2D eigenvalue weighted by Crippen LogP contribution is -2.34. The van der Waals surface area contributed by atoms with Gasteiger partial charge in [0.05, 0.1) is 12.1 Å². The van der Waals surface area contributed by atoms with Crippen LogP contribution in [0.4, 0.5) is 5.69 Å². The Labute approximate surface area is 217 Å². The highest BCUT2D eigenvalue weighted by Gasteiger charge is 2.13. The number of nitrogens with zero attached hydrogens (tertiary/aromatic N) is 1. The zero-order valence-corrected chi connectivity index (χ0v) is 20.7. The third-order valence-electron chi connectivity index (χ3n) is 5.53. The molecule has 0 radical (unpaired) electrons. The SMILES string of the molecule is COc1ccc(C(=O)NC(=S)Nc2ccc3oc(-c4ccc(-c5ccccc5)cc4)nc3c2)cc1Cl. The van der Waals surface area contributed by atoms with Crippen molar-refractivity contribution in [2.24, 2.45) is 0 Å². The molecule has 5 rings (SSSR count). The normalized spacial score (nSPS) is 10.7. The smallest absolute Gasteiger partial charge is 0.257 e. The van der Waals surface area contributed by atoms with Gasteiger partial charge in [-0.2, -0.15) is 0 Å². The third-order valence-corrected chi connectivity index (χ3v) is 6.02. The second-order valence-electron chi connectivity index (χ2n) is 7.90. The van der Waals surface area contributed by atoms with Gasteiger partial charge in [0, 0.05) is 16.8 Å². The van der Waals surface area contributed by atoms with E-state index in [2.05, 4.69) is 27.8 Å². The van der Waals surface area contributed by atoms with Crippen LogP contribution in [0.2, 0.25) is 5.02 Å². The number of methoxy groups -OCH3 is 1. The van der Waals surface area contributed by atoms with Crippen molar-refractivity contribution in [3.8, 4) is 28.3 Å². The number of hydrogen-bond acceptors (Lipinski definition) is 5. The highest BCUT2D eigenvalue weighted by molar-refractivity contribution is 7.80. The quantitative estimate of drug-likeness (QED) is 0.248. The van der Waals surface area contributed by atoms with Crippen molar-refractivity contribution in [2.75, 3.05) is 12.4 Å². The van der Waals surface area contributed by atoms with Gasteiger partial charge in [-0.05, 0) is 71.9 Å². The molecule has 5 aromatic rings.